The van der Waals surface area contributed by atoms with E-state index in [1.165, 1.54) is 12.1 Å². The molecule has 210 valence electrons. The van der Waals surface area contributed by atoms with E-state index in [1.807, 2.05) is 32.9 Å². The van der Waals surface area contributed by atoms with Crippen molar-refractivity contribution < 1.29 is 22.7 Å². The van der Waals surface area contributed by atoms with Gasteiger partial charge in [-0.3, -0.25) is 13.9 Å². The summed E-state index contributed by atoms with van der Waals surface area (Å²) in [6.07, 6.45) is 2.53. The minimum Gasteiger partial charge on any atom is -0.497 e. The minimum absolute atomic E-state index is 0.0247. The van der Waals surface area contributed by atoms with E-state index < -0.39 is 16.1 Å². The van der Waals surface area contributed by atoms with Crippen molar-refractivity contribution >= 4 is 50.7 Å². The van der Waals surface area contributed by atoms with Gasteiger partial charge in [0.15, 0.2) is 0 Å². The van der Waals surface area contributed by atoms with Gasteiger partial charge in [-0.05, 0) is 62.1 Å². The van der Waals surface area contributed by atoms with Crippen molar-refractivity contribution in [3.63, 3.8) is 0 Å². The topological polar surface area (TPSA) is 96.0 Å². The summed E-state index contributed by atoms with van der Waals surface area (Å²) >= 11 is 12.3. The molecule has 0 bridgehead atoms. The highest BCUT2D eigenvalue weighted by atomic mass is 35.5. The molecule has 8 nitrogen and oxygen atoms in total. The smallest absolute Gasteiger partial charge is 0.243 e. The summed E-state index contributed by atoms with van der Waals surface area (Å²) in [6, 6.07) is 11.2. The first-order valence-corrected chi connectivity index (χ1v) is 15.2. The Labute approximate surface area is 236 Å². The number of hydrogen-bond donors (Lipinski definition) is 1. The Hall–Kier alpha value is -2.49. The highest BCUT2D eigenvalue weighted by molar-refractivity contribution is 7.92. The van der Waals surface area contributed by atoms with Crippen LogP contribution in [0.2, 0.25) is 10.0 Å². The summed E-state index contributed by atoms with van der Waals surface area (Å²) < 4.78 is 31.5. The highest BCUT2D eigenvalue weighted by Crippen LogP contribution is 2.31. The second-order valence-corrected chi connectivity index (χ2v) is 11.9. The molecule has 2 aromatic carbocycles. The first kappa shape index (κ1) is 31.7. The SMILES string of the molecule is CC[C@H](C(=O)N[C@@H](C)CC)N(Cc1ccc(OC)cc1)C(=O)CCCN(c1cc(Cl)ccc1Cl)S(C)(=O)=O. The van der Waals surface area contributed by atoms with Gasteiger partial charge >= 0.3 is 0 Å². The van der Waals surface area contributed by atoms with Crippen LogP contribution in [0.15, 0.2) is 42.5 Å². The van der Waals surface area contributed by atoms with Crippen LogP contribution in [0.4, 0.5) is 5.69 Å². The standard InChI is InChI=1S/C27H37Cl2N3O5S/c1-6-19(3)30-27(34)24(7-2)31(18-20-10-13-22(37-4)14-11-20)26(33)9-8-16-32(38(5,35)36)25-17-21(28)12-15-23(25)29/h10-15,17,19,24H,6-9,16,18H2,1-5H3,(H,30,34)/t19-,24+/m0/s1. The maximum Gasteiger partial charge on any atom is 0.243 e. The molecule has 0 aliphatic heterocycles. The summed E-state index contributed by atoms with van der Waals surface area (Å²) in [4.78, 5) is 28.2. The van der Waals surface area contributed by atoms with E-state index in [-0.39, 0.29) is 54.5 Å². The molecule has 11 heteroatoms. The zero-order valence-electron chi connectivity index (χ0n) is 22.5. The third-order valence-electron chi connectivity index (χ3n) is 6.23. The van der Waals surface area contributed by atoms with Crippen LogP contribution in [0.3, 0.4) is 0 Å². The number of hydrogen-bond acceptors (Lipinski definition) is 5. The van der Waals surface area contributed by atoms with Crippen LogP contribution in [0.5, 0.6) is 5.75 Å². The summed E-state index contributed by atoms with van der Waals surface area (Å²) in [6.45, 7) is 6.01. The molecule has 0 radical (unpaired) electrons. The molecular formula is C27H37Cl2N3O5S. The molecule has 38 heavy (non-hydrogen) atoms. The second-order valence-electron chi connectivity index (χ2n) is 9.15. The summed E-state index contributed by atoms with van der Waals surface area (Å²) in [5, 5.41) is 3.56. The molecule has 0 spiro atoms. The maximum absolute atomic E-state index is 13.5. The molecule has 2 atom stereocenters. The van der Waals surface area contributed by atoms with Crippen molar-refractivity contribution in [2.75, 3.05) is 24.2 Å². The Bertz CT molecular complexity index is 1190. The van der Waals surface area contributed by atoms with Crippen molar-refractivity contribution in [1.29, 1.82) is 0 Å². The lowest BCUT2D eigenvalue weighted by atomic mass is 10.1. The van der Waals surface area contributed by atoms with E-state index in [1.54, 1.807) is 30.2 Å². The summed E-state index contributed by atoms with van der Waals surface area (Å²) in [5.41, 5.74) is 1.10. The van der Waals surface area contributed by atoms with E-state index in [0.29, 0.717) is 17.2 Å². The second kappa shape index (κ2) is 14.6. The number of carbonyl (C=O) groups excluding carboxylic acids is 2. The van der Waals surface area contributed by atoms with Crippen LogP contribution >= 0.6 is 23.2 Å². The number of anilines is 1. The van der Waals surface area contributed by atoms with Gasteiger partial charge in [0.1, 0.15) is 11.8 Å². The van der Waals surface area contributed by atoms with Crippen LogP contribution in [0, 0.1) is 0 Å². The van der Waals surface area contributed by atoms with E-state index >= 15 is 0 Å². The summed E-state index contributed by atoms with van der Waals surface area (Å²) in [7, 11) is -2.12. The van der Waals surface area contributed by atoms with Gasteiger partial charge in [-0.1, -0.05) is 49.2 Å². The average molecular weight is 587 g/mol. The quantitative estimate of drug-likeness (QED) is 0.326. The van der Waals surface area contributed by atoms with E-state index in [9.17, 15) is 18.0 Å². The Kier molecular flexibility index (Phi) is 12.2. The maximum atomic E-state index is 13.5. The largest absolute Gasteiger partial charge is 0.497 e. The van der Waals surface area contributed by atoms with Crippen molar-refractivity contribution in [3.8, 4) is 5.75 Å². The van der Waals surface area contributed by atoms with Gasteiger partial charge < -0.3 is 15.0 Å². The number of sulfonamides is 1. The number of halogens is 2. The van der Waals surface area contributed by atoms with Crippen LogP contribution in [-0.4, -0.2) is 57.1 Å². The molecule has 0 aliphatic carbocycles. The molecule has 1 N–H and O–H groups in total. The lowest BCUT2D eigenvalue weighted by Crippen LogP contribution is -2.50. The molecule has 0 fully saturated rings. The van der Waals surface area contributed by atoms with Crippen LogP contribution in [-0.2, 0) is 26.2 Å². The van der Waals surface area contributed by atoms with Gasteiger partial charge in [-0.2, -0.15) is 0 Å². The third-order valence-corrected chi connectivity index (χ3v) is 7.96. The number of benzene rings is 2. The van der Waals surface area contributed by atoms with Gasteiger partial charge in [0.05, 0.1) is 24.1 Å². The van der Waals surface area contributed by atoms with Crippen LogP contribution < -0.4 is 14.4 Å². The third kappa shape index (κ3) is 9.06. The molecule has 0 aromatic heterocycles. The molecule has 2 amide bonds. The molecular weight excluding hydrogens is 549 g/mol. The first-order chi connectivity index (χ1) is 17.9. The Morgan fingerprint density at radius 1 is 1.05 bits per heavy atom. The fourth-order valence-electron chi connectivity index (χ4n) is 3.95. The number of methoxy groups -OCH3 is 1. The molecule has 0 unspecified atom stereocenters. The number of rotatable bonds is 14. The molecule has 2 rings (SSSR count). The lowest BCUT2D eigenvalue weighted by Gasteiger charge is -2.32. The molecule has 0 heterocycles. The van der Waals surface area contributed by atoms with Crippen LogP contribution in [0.1, 0.15) is 52.0 Å². The Balaban J connectivity index is 2.26. The average Bonchev–Trinajstić information content (AvgIpc) is 2.87. The minimum atomic E-state index is -3.69. The van der Waals surface area contributed by atoms with E-state index in [2.05, 4.69) is 5.32 Å². The molecule has 0 saturated carbocycles. The van der Waals surface area contributed by atoms with E-state index in [0.717, 1.165) is 22.5 Å². The fourth-order valence-corrected chi connectivity index (χ4v) is 5.35. The molecule has 0 saturated heterocycles. The van der Waals surface area contributed by atoms with Crippen molar-refractivity contribution in [2.45, 2.75) is 65.1 Å². The van der Waals surface area contributed by atoms with Crippen molar-refractivity contribution in [3.05, 3.63) is 58.1 Å². The Morgan fingerprint density at radius 3 is 2.26 bits per heavy atom. The monoisotopic (exact) mass is 585 g/mol. The van der Waals surface area contributed by atoms with Crippen LogP contribution in [0.25, 0.3) is 0 Å². The number of nitrogens with one attached hydrogen (secondary N) is 1. The number of carbonyl (C=O) groups is 2. The number of nitrogens with zero attached hydrogens (tertiary/aromatic N) is 2. The molecule has 2 aromatic rings. The Morgan fingerprint density at radius 2 is 1.71 bits per heavy atom. The number of amides is 2. The predicted molar refractivity (Wildman–Crippen MR) is 153 cm³/mol. The molecule has 0 aliphatic rings. The van der Waals surface area contributed by atoms with E-state index in [4.69, 9.17) is 27.9 Å². The zero-order valence-corrected chi connectivity index (χ0v) is 24.9. The van der Waals surface area contributed by atoms with Gasteiger partial charge in [0.25, 0.3) is 0 Å². The highest BCUT2D eigenvalue weighted by Gasteiger charge is 2.29. The zero-order chi connectivity index (χ0) is 28.5. The normalized spacial score (nSPS) is 12.9. The number of ether oxygens (including phenoxy) is 1. The van der Waals surface area contributed by atoms with Gasteiger partial charge in [0, 0.05) is 30.6 Å². The van der Waals surface area contributed by atoms with Gasteiger partial charge in [-0.15, -0.1) is 0 Å². The lowest BCUT2D eigenvalue weighted by molar-refractivity contribution is -0.141. The van der Waals surface area contributed by atoms with Crippen molar-refractivity contribution in [2.24, 2.45) is 0 Å². The first-order valence-electron chi connectivity index (χ1n) is 12.6. The van der Waals surface area contributed by atoms with Crippen molar-refractivity contribution in [1.82, 2.24) is 10.2 Å². The fraction of sp³-hybridized carbons (Fsp3) is 0.481. The summed E-state index contributed by atoms with van der Waals surface area (Å²) in [5.74, 6) is 0.221. The van der Waals surface area contributed by atoms with Gasteiger partial charge in [0.2, 0.25) is 21.8 Å². The predicted octanol–water partition coefficient (Wildman–Crippen LogP) is 5.27. The van der Waals surface area contributed by atoms with Gasteiger partial charge in [-0.25, -0.2) is 8.42 Å².